The van der Waals surface area contributed by atoms with Crippen LogP contribution in [0.4, 0.5) is 14.5 Å². The average Bonchev–Trinajstić information content (AvgIpc) is 2.70. The van der Waals surface area contributed by atoms with Gasteiger partial charge in [0.05, 0.1) is 12.3 Å². The number of thiocarbonyl (C=S) groups is 1. The summed E-state index contributed by atoms with van der Waals surface area (Å²) in [7, 11) is 1.62. The van der Waals surface area contributed by atoms with Crippen LogP contribution in [0.15, 0.2) is 65.7 Å². The van der Waals surface area contributed by atoms with Crippen LogP contribution in [0.3, 0.4) is 0 Å². The maximum Gasteiger partial charge on any atom is 0.153 e. The highest BCUT2D eigenvalue weighted by Crippen LogP contribution is 2.24. The summed E-state index contributed by atoms with van der Waals surface area (Å²) in [6, 6.07) is 17.5. The van der Waals surface area contributed by atoms with E-state index >= 15 is 0 Å². The summed E-state index contributed by atoms with van der Waals surface area (Å²) < 4.78 is 32.8. The Balaban J connectivity index is 1.82. The van der Waals surface area contributed by atoms with Crippen molar-refractivity contribution >= 4 is 23.1 Å². The Morgan fingerprint density at radius 2 is 1.33 bits per heavy atom. The third kappa shape index (κ3) is 4.45. The van der Waals surface area contributed by atoms with Crippen molar-refractivity contribution < 1.29 is 13.5 Å². The molecule has 0 aliphatic heterocycles. The van der Waals surface area contributed by atoms with Gasteiger partial charge in [-0.2, -0.15) is 4.99 Å². The smallest absolute Gasteiger partial charge is 0.153 e. The summed E-state index contributed by atoms with van der Waals surface area (Å²) in [6.45, 7) is 0. The molecule has 0 aromatic heterocycles. The zero-order chi connectivity index (χ0) is 19.2. The highest BCUT2D eigenvalue weighted by atomic mass is 32.1. The number of benzene rings is 3. The quantitative estimate of drug-likeness (QED) is 0.328. The van der Waals surface area contributed by atoms with Crippen LogP contribution < -0.4 is 4.74 Å². The van der Waals surface area contributed by atoms with Crippen molar-refractivity contribution in [3.63, 3.8) is 0 Å². The third-order valence-electron chi connectivity index (χ3n) is 3.83. The predicted molar refractivity (Wildman–Crippen MR) is 105 cm³/mol. The Kier molecular flexibility index (Phi) is 5.73. The molecule has 0 heterocycles. The molecule has 3 aromatic rings. The van der Waals surface area contributed by atoms with Crippen LogP contribution in [0.1, 0.15) is 11.1 Å². The predicted octanol–water partition coefficient (Wildman–Crippen LogP) is 5.77. The fourth-order valence-corrected chi connectivity index (χ4v) is 2.56. The lowest BCUT2D eigenvalue weighted by molar-refractivity contribution is 0.415. The van der Waals surface area contributed by atoms with Crippen LogP contribution in [-0.4, -0.2) is 12.3 Å². The first-order chi connectivity index (χ1) is 13.1. The van der Waals surface area contributed by atoms with E-state index in [0.29, 0.717) is 0 Å². The first-order valence-electron chi connectivity index (χ1n) is 7.94. The molecule has 27 heavy (non-hydrogen) atoms. The van der Waals surface area contributed by atoms with Crippen molar-refractivity contribution in [3.05, 3.63) is 83.4 Å². The van der Waals surface area contributed by atoms with Crippen LogP contribution >= 0.6 is 12.2 Å². The van der Waals surface area contributed by atoms with Gasteiger partial charge in [0.1, 0.15) is 11.4 Å². The van der Waals surface area contributed by atoms with E-state index in [1.165, 1.54) is 0 Å². The minimum absolute atomic E-state index is 0.215. The van der Waals surface area contributed by atoms with Crippen molar-refractivity contribution in [1.29, 1.82) is 0 Å². The second kappa shape index (κ2) is 8.37. The lowest BCUT2D eigenvalue weighted by Gasteiger charge is -2.04. The highest BCUT2D eigenvalue weighted by molar-refractivity contribution is 7.78. The van der Waals surface area contributed by atoms with Gasteiger partial charge < -0.3 is 4.74 Å². The summed E-state index contributed by atoms with van der Waals surface area (Å²) in [4.78, 5) is 3.37. The third-order valence-corrected chi connectivity index (χ3v) is 3.93. The van der Waals surface area contributed by atoms with E-state index in [0.717, 1.165) is 34.6 Å². The van der Waals surface area contributed by atoms with Gasteiger partial charge >= 0.3 is 0 Å². The molecule has 0 fully saturated rings. The van der Waals surface area contributed by atoms with Crippen LogP contribution in [0.2, 0.25) is 0 Å². The number of hydrogen-bond donors (Lipinski definition) is 0. The van der Waals surface area contributed by atoms with E-state index in [2.05, 4.69) is 29.1 Å². The Labute approximate surface area is 161 Å². The van der Waals surface area contributed by atoms with E-state index < -0.39 is 17.3 Å². The lowest BCUT2D eigenvalue weighted by Crippen LogP contribution is -1.86. The second-order valence-electron chi connectivity index (χ2n) is 5.55. The van der Waals surface area contributed by atoms with E-state index in [1.54, 1.807) is 7.11 Å². The lowest BCUT2D eigenvalue weighted by atomic mass is 10.0. The molecule has 0 amide bonds. The molecule has 2 nitrogen and oxygen atoms in total. The minimum atomic E-state index is -0.827. The van der Waals surface area contributed by atoms with Gasteiger partial charge in [0.25, 0.3) is 0 Å². The number of rotatable bonds is 3. The molecule has 0 N–H and O–H groups in total. The normalized spacial score (nSPS) is 9.74. The topological polar surface area (TPSA) is 21.6 Å². The zero-order valence-electron chi connectivity index (χ0n) is 14.3. The SMILES string of the molecule is COc1ccc(-c2ccc(C#Cc3cc(F)c(N=C=S)c(F)c3)cc2)cc1. The molecule has 0 atom stereocenters. The van der Waals surface area contributed by atoms with Crippen LogP contribution in [0, 0.1) is 23.5 Å². The molecule has 0 aliphatic carbocycles. The number of isothiocyanates is 1. The molecular formula is C22H13F2NOS. The zero-order valence-corrected chi connectivity index (χ0v) is 15.1. The van der Waals surface area contributed by atoms with Gasteiger partial charge in [-0.1, -0.05) is 36.1 Å². The molecule has 0 bridgehead atoms. The summed E-state index contributed by atoms with van der Waals surface area (Å²) in [6.07, 6.45) is 0. The summed E-state index contributed by atoms with van der Waals surface area (Å²) in [5, 5.41) is 1.95. The Morgan fingerprint density at radius 1 is 0.815 bits per heavy atom. The molecule has 5 heteroatoms. The van der Waals surface area contributed by atoms with Gasteiger partial charge in [-0.3, -0.25) is 0 Å². The van der Waals surface area contributed by atoms with Crippen molar-refractivity contribution in [1.82, 2.24) is 0 Å². The monoisotopic (exact) mass is 377 g/mol. The Bertz CT molecular complexity index is 1050. The molecule has 0 radical (unpaired) electrons. The van der Waals surface area contributed by atoms with Gasteiger partial charge in [0, 0.05) is 11.1 Å². The Hall–Kier alpha value is -3.32. The molecule has 132 valence electrons. The molecule has 3 aromatic carbocycles. The maximum atomic E-state index is 13.8. The largest absolute Gasteiger partial charge is 0.497 e. The van der Waals surface area contributed by atoms with Gasteiger partial charge in [0.15, 0.2) is 11.6 Å². The fraction of sp³-hybridized carbons (Fsp3) is 0.0455. The average molecular weight is 377 g/mol. The summed E-state index contributed by atoms with van der Waals surface area (Å²) >= 11 is 4.38. The van der Waals surface area contributed by atoms with Crippen molar-refractivity contribution in [2.24, 2.45) is 4.99 Å². The molecule has 0 saturated carbocycles. The van der Waals surface area contributed by atoms with Crippen molar-refractivity contribution in [2.45, 2.75) is 0 Å². The standard InChI is InChI=1S/C22H13F2NOS/c1-26-19-10-8-18(9-11-19)17-6-4-15(5-7-17)2-3-16-12-20(23)22(25-14-27)21(24)13-16/h4-13H,1H3. The number of methoxy groups -OCH3 is 1. The number of hydrogen-bond acceptors (Lipinski definition) is 3. The molecule has 0 unspecified atom stereocenters. The highest BCUT2D eigenvalue weighted by Gasteiger charge is 2.09. The van der Waals surface area contributed by atoms with Crippen LogP contribution in [0.5, 0.6) is 5.75 Å². The number of aliphatic imine (C=N–C) groups is 1. The first kappa shape index (κ1) is 18.5. The molecule has 0 spiro atoms. The molecule has 3 rings (SSSR count). The maximum absolute atomic E-state index is 13.8. The number of halogens is 2. The number of ether oxygens (including phenoxy) is 1. The summed E-state index contributed by atoms with van der Waals surface area (Å²) in [5.74, 6) is 4.79. The van der Waals surface area contributed by atoms with Crippen LogP contribution in [-0.2, 0) is 0 Å². The molecule has 0 aliphatic rings. The number of nitrogens with zero attached hydrogens (tertiary/aromatic N) is 1. The van der Waals surface area contributed by atoms with Crippen molar-refractivity contribution in [2.75, 3.05) is 7.11 Å². The van der Waals surface area contributed by atoms with Gasteiger partial charge in [-0.15, -0.1) is 0 Å². The molecular weight excluding hydrogens is 364 g/mol. The van der Waals surface area contributed by atoms with E-state index in [-0.39, 0.29) is 5.56 Å². The summed E-state index contributed by atoms with van der Waals surface area (Å²) in [5.41, 5.74) is 2.57. The first-order valence-corrected chi connectivity index (χ1v) is 8.35. The second-order valence-corrected chi connectivity index (χ2v) is 5.73. The van der Waals surface area contributed by atoms with E-state index in [4.69, 9.17) is 4.74 Å². The minimum Gasteiger partial charge on any atom is -0.497 e. The van der Waals surface area contributed by atoms with E-state index in [9.17, 15) is 8.78 Å². The van der Waals surface area contributed by atoms with E-state index in [1.807, 2.05) is 53.7 Å². The fourth-order valence-electron chi connectivity index (χ4n) is 2.46. The van der Waals surface area contributed by atoms with Gasteiger partial charge in [-0.05, 0) is 59.7 Å². The van der Waals surface area contributed by atoms with Gasteiger partial charge in [0.2, 0.25) is 0 Å². The van der Waals surface area contributed by atoms with Crippen molar-refractivity contribution in [3.8, 4) is 28.7 Å². The van der Waals surface area contributed by atoms with Gasteiger partial charge in [-0.25, -0.2) is 8.78 Å². The Morgan fingerprint density at radius 3 is 1.85 bits per heavy atom. The van der Waals surface area contributed by atoms with Crippen LogP contribution in [0.25, 0.3) is 11.1 Å². The molecule has 0 saturated heterocycles.